The van der Waals surface area contributed by atoms with Crippen LogP contribution in [0.15, 0.2) is 22.6 Å². The molecule has 0 saturated carbocycles. The Hall–Kier alpha value is -2.54. The molecule has 0 aliphatic carbocycles. The molecule has 1 amide bonds. The number of aryl methyl sites for hydroxylation is 1. The Kier molecular flexibility index (Phi) is 6.24. The molecular formula is C21H29N3O4. The molecule has 2 aromatic rings. The van der Waals surface area contributed by atoms with Crippen molar-refractivity contribution < 1.29 is 18.7 Å². The van der Waals surface area contributed by atoms with Gasteiger partial charge in [0.2, 0.25) is 11.8 Å². The van der Waals surface area contributed by atoms with Gasteiger partial charge in [0.25, 0.3) is 0 Å². The normalized spacial score (nSPS) is 16.7. The van der Waals surface area contributed by atoms with E-state index >= 15 is 0 Å². The molecule has 7 nitrogen and oxygen atoms in total. The third-order valence-corrected chi connectivity index (χ3v) is 5.15. The van der Waals surface area contributed by atoms with Gasteiger partial charge in [-0.15, -0.1) is 0 Å². The van der Waals surface area contributed by atoms with Crippen LogP contribution in [0.3, 0.4) is 0 Å². The Morgan fingerprint density at radius 2 is 2.11 bits per heavy atom. The molecule has 152 valence electrons. The molecule has 28 heavy (non-hydrogen) atoms. The lowest BCUT2D eigenvalue weighted by Crippen LogP contribution is -2.41. The van der Waals surface area contributed by atoms with Gasteiger partial charge in [-0.25, -0.2) is 4.98 Å². The summed E-state index contributed by atoms with van der Waals surface area (Å²) < 4.78 is 16.9. The number of para-hydroxylation sites is 1. The van der Waals surface area contributed by atoms with E-state index in [1.807, 2.05) is 25.1 Å². The minimum absolute atomic E-state index is 0.138. The lowest BCUT2D eigenvalue weighted by atomic mass is 10.1. The van der Waals surface area contributed by atoms with Crippen molar-refractivity contribution in [3.05, 3.63) is 29.7 Å². The minimum atomic E-state index is 0.138. The minimum Gasteiger partial charge on any atom is -0.493 e. The highest BCUT2D eigenvalue weighted by atomic mass is 16.5. The van der Waals surface area contributed by atoms with Crippen LogP contribution in [0.2, 0.25) is 0 Å². The molecule has 0 radical (unpaired) electrons. The van der Waals surface area contributed by atoms with E-state index in [2.05, 4.69) is 24.1 Å². The summed E-state index contributed by atoms with van der Waals surface area (Å²) in [6.07, 6.45) is 1.49. The van der Waals surface area contributed by atoms with Crippen LogP contribution in [0.25, 0.3) is 11.5 Å². The van der Waals surface area contributed by atoms with Crippen molar-refractivity contribution in [1.82, 2.24) is 15.2 Å². The molecule has 1 aliphatic heterocycles. The Morgan fingerprint density at radius 1 is 1.32 bits per heavy atom. The third kappa shape index (κ3) is 4.30. The SMILES string of the molecule is COc1cccc(-c2nc(CN(CC3CCC(=O)N3)C(C)C)c(C)o2)c1OC. The number of nitrogens with one attached hydrogen (secondary N) is 1. The van der Waals surface area contributed by atoms with Gasteiger partial charge in [-0.05, 0) is 39.3 Å². The quantitative estimate of drug-likeness (QED) is 0.750. The van der Waals surface area contributed by atoms with Gasteiger partial charge in [0.1, 0.15) is 5.76 Å². The Balaban J connectivity index is 1.82. The van der Waals surface area contributed by atoms with Crippen LogP contribution in [0, 0.1) is 6.92 Å². The van der Waals surface area contributed by atoms with Gasteiger partial charge >= 0.3 is 0 Å². The van der Waals surface area contributed by atoms with Gasteiger partial charge < -0.3 is 19.2 Å². The molecule has 1 N–H and O–H groups in total. The zero-order valence-corrected chi connectivity index (χ0v) is 17.2. The van der Waals surface area contributed by atoms with Gasteiger partial charge in [-0.2, -0.15) is 0 Å². The molecule has 0 spiro atoms. The highest BCUT2D eigenvalue weighted by Gasteiger charge is 2.26. The summed E-state index contributed by atoms with van der Waals surface area (Å²) in [5.41, 5.74) is 1.65. The summed E-state index contributed by atoms with van der Waals surface area (Å²) in [5.74, 6) is 2.67. The second kappa shape index (κ2) is 8.65. The molecule has 1 aromatic carbocycles. The zero-order valence-electron chi connectivity index (χ0n) is 17.2. The van der Waals surface area contributed by atoms with Crippen molar-refractivity contribution in [3.8, 4) is 23.0 Å². The summed E-state index contributed by atoms with van der Waals surface area (Å²) in [6, 6.07) is 6.16. The first kappa shape index (κ1) is 20.2. The molecule has 1 aliphatic rings. The molecule has 1 fully saturated rings. The van der Waals surface area contributed by atoms with Crippen LogP contribution in [-0.2, 0) is 11.3 Å². The number of amides is 1. The van der Waals surface area contributed by atoms with E-state index < -0.39 is 0 Å². The second-order valence-electron chi connectivity index (χ2n) is 7.39. The number of oxazole rings is 1. The van der Waals surface area contributed by atoms with Crippen LogP contribution < -0.4 is 14.8 Å². The van der Waals surface area contributed by atoms with E-state index in [9.17, 15) is 4.79 Å². The van der Waals surface area contributed by atoms with Crippen LogP contribution in [0.1, 0.15) is 38.1 Å². The molecule has 1 unspecified atom stereocenters. The van der Waals surface area contributed by atoms with Crippen LogP contribution >= 0.6 is 0 Å². The zero-order chi connectivity index (χ0) is 20.3. The number of hydrogen-bond acceptors (Lipinski definition) is 6. The number of aromatic nitrogens is 1. The summed E-state index contributed by atoms with van der Waals surface area (Å²) in [7, 11) is 3.21. The van der Waals surface area contributed by atoms with Gasteiger partial charge in [-0.3, -0.25) is 9.69 Å². The summed E-state index contributed by atoms with van der Waals surface area (Å²) in [6.45, 7) is 7.68. The van der Waals surface area contributed by atoms with Crippen molar-refractivity contribution >= 4 is 5.91 Å². The largest absolute Gasteiger partial charge is 0.493 e. The Bertz CT molecular complexity index is 831. The molecule has 7 heteroatoms. The fourth-order valence-electron chi connectivity index (χ4n) is 3.49. The first-order valence-corrected chi connectivity index (χ1v) is 9.64. The van der Waals surface area contributed by atoms with E-state index in [0.29, 0.717) is 36.4 Å². The molecule has 2 heterocycles. The van der Waals surface area contributed by atoms with Gasteiger partial charge in [0.15, 0.2) is 11.5 Å². The summed E-state index contributed by atoms with van der Waals surface area (Å²) >= 11 is 0. The topological polar surface area (TPSA) is 76.8 Å². The lowest BCUT2D eigenvalue weighted by Gasteiger charge is -2.28. The van der Waals surface area contributed by atoms with E-state index in [0.717, 1.165) is 30.0 Å². The number of methoxy groups -OCH3 is 2. The van der Waals surface area contributed by atoms with Crippen LogP contribution in [-0.4, -0.2) is 48.6 Å². The maximum Gasteiger partial charge on any atom is 0.230 e. The Labute approximate surface area is 166 Å². The first-order valence-electron chi connectivity index (χ1n) is 9.64. The van der Waals surface area contributed by atoms with Gasteiger partial charge in [0, 0.05) is 31.6 Å². The molecule has 3 rings (SSSR count). The number of benzene rings is 1. The first-order chi connectivity index (χ1) is 13.4. The highest BCUT2D eigenvalue weighted by molar-refractivity contribution is 5.78. The van der Waals surface area contributed by atoms with Crippen LogP contribution in [0.5, 0.6) is 11.5 Å². The standard InChI is InChI=1S/C21H29N3O4/c1-13(2)24(11-15-9-10-19(25)22-15)12-17-14(3)28-21(23-17)16-7-6-8-18(26-4)20(16)27-5/h6-8,13,15H,9-12H2,1-5H3,(H,22,25). The summed E-state index contributed by atoms with van der Waals surface area (Å²) in [4.78, 5) is 18.6. The molecule has 0 bridgehead atoms. The molecular weight excluding hydrogens is 358 g/mol. The van der Waals surface area contributed by atoms with E-state index in [1.165, 1.54) is 0 Å². The fourth-order valence-corrected chi connectivity index (χ4v) is 3.49. The van der Waals surface area contributed by atoms with Crippen LogP contribution in [0.4, 0.5) is 0 Å². The average molecular weight is 387 g/mol. The van der Waals surface area contributed by atoms with Crippen molar-refractivity contribution in [2.45, 2.75) is 52.2 Å². The molecule has 1 saturated heterocycles. The van der Waals surface area contributed by atoms with Gasteiger partial charge in [-0.1, -0.05) is 6.07 Å². The Morgan fingerprint density at radius 3 is 2.71 bits per heavy atom. The average Bonchev–Trinajstić information content (AvgIpc) is 3.25. The van der Waals surface area contributed by atoms with Crippen molar-refractivity contribution in [2.24, 2.45) is 0 Å². The van der Waals surface area contributed by atoms with E-state index in [4.69, 9.17) is 18.9 Å². The number of carbonyl (C=O) groups excluding carboxylic acids is 1. The lowest BCUT2D eigenvalue weighted by molar-refractivity contribution is -0.119. The second-order valence-corrected chi connectivity index (χ2v) is 7.39. The smallest absolute Gasteiger partial charge is 0.230 e. The maximum atomic E-state index is 11.5. The molecule has 1 atom stereocenters. The maximum absolute atomic E-state index is 11.5. The predicted molar refractivity (Wildman–Crippen MR) is 106 cm³/mol. The van der Waals surface area contributed by atoms with Crippen molar-refractivity contribution in [1.29, 1.82) is 0 Å². The van der Waals surface area contributed by atoms with Crippen molar-refractivity contribution in [3.63, 3.8) is 0 Å². The fraction of sp³-hybridized carbons (Fsp3) is 0.524. The number of ether oxygens (including phenoxy) is 2. The number of rotatable bonds is 8. The van der Waals surface area contributed by atoms with Gasteiger partial charge in [0.05, 0.1) is 25.5 Å². The predicted octanol–water partition coefficient (Wildman–Crippen LogP) is 3.16. The number of carbonyl (C=O) groups is 1. The monoisotopic (exact) mass is 387 g/mol. The number of nitrogens with zero attached hydrogens (tertiary/aromatic N) is 2. The highest BCUT2D eigenvalue weighted by Crippen LogP contribution is 2.38. The molecule has 1 aromatic heterocycles. The number of hydrogen-bond donors (Lipinski definition) is 1. The van der Waals surface area contributed by atoms with E-state index in [1.54, 1.807) is 14.2 Å². The van der Waals surface area contributed by atoms with Crippen molar-refractivity contribution in [2.75, 3.05) is 20.8 Å². The summed E-state index contributed by atoms with van der Waals surface area (Å²) in [5, 5.41) is 3.04. The van der Waals surface area contributed by atoms with E-state index in [-0.39, 0.29) is 11.9 Å². The third-order valence-electron chi connectivity index (χ3n) is 5.15.